The summed E-state index contributed by atoms with van der Waals surface area (Å²) in [4.78, 5) is 33.7. The molecule has 0 spiro atoms. The molecule has 168 valence electrons. The second-order valence-corrected chi connectivity index (χ2v) is 9.58. The molecule has 6 rings (SSSR count). The number of rotatable bonds is 3. The Morgan fingerprint density at radius 1 is 1.06 bits per heavy atom. The number of nitrogens with zero attached hydrogens (tertiary/aromatic N) is 2. The van der Waals surface area contributed by atoms with Crippen LogP contribution in [0.3, 0.4) is 0 Å². The summed E-state index contributed by atoms with van der Waals surface area (Å²) in [6.45, 7) is 2.01. The van der Waals surface area contributed by atoms with E-state index in [-0.39, 0.29) is 16.8 Å². The van der Waals surface area contributed by atoms with Gasteiger partial charge in [-0.15, -0.1) is 0 Å². The summed E-state index contributed by atoms with van der Waals surface area (Å²) >= 11 is 7.57. The molecule has 0 radical (unpaired) electrons. The van der Waals surface area contributed by atoms with Gasteiger partial charge in [0.05, 0.1) is 34.3 Å². The van der Waals surface area contributed by atoms with Crippen molar-refractivity contribution in [3.05, 3.63) is 98.4 Å². The Morgan fingerprint density at radius 3 is 2.62 bits per heavy atom. The second kappa shape index (κ2) is 7.68. The molecule has 2 aromatic heterocycles. The number of methoxy groups -OCH3 is 1. The van der Waals surface area contributed by atoms with E-state index in [1.807, 2.05) is 37.3 Å². The maximum absolute atomic E-state index is 13.7. The molecule has 0 saturated carbocycles. The number of amides is 1. The summed E-state index contributed by atoms with van der Waals surface area (Å²) in [6, 6.07) is 17.4. The van der Waals surface area contributed by atoms with Gasteiger partial charge in [0, 0.05) is 5.02 Å². The molecule has 0 bridgehead atoms. The maximum atomic E-state index is 13.7. The van der Waals surface area contributed by atoms with E-state index in [0.717, 1.165) is 21.3 Å². The first-order valence-electron chi connectivity index (χ1n) is 10.6. The van der Waals surface area contributed by atoms with Crippen molar-refractivity contribution in [3.8, 4) is 5.75 Å². The van der Waals surface area contributed by atoms with Crippen LogP contribution in [0.5, 0.6) is 5.75 Å². The lowest BCUT2D eigenvalue weighted by Crippen LogP contribution is -2.29. The van der Waals surface area contributed by atoms with Crippen molar-refractivity contribution < 1.29 is 13.9 Å². The second-order valence-electron chi connectivity index (χ2n) is 8.13. The Bertz CT molecular complexity index is 1670. The topological polar surface area (TPSA) is 72.6 Å². The van der Waals surface area contributed by atoms with Crippen molar-refractivity contribution in [2.24, 2.45) is 0 Å². The highest BCUT2D eigenvalue weighted by atomic mass is 35.5. The summed E-state index contributed by atoms with van der Waals surface area (Å²) in [7, 11) is 1.59. The average Bonchev–Trinajstić information content (AvgIpc) is 3.38. The van der Waals surface area contributed by atoms with Gasteiger partial charge in [-0.05, 0) is 60.5 Å². The smallest absolute Gasteiger partial charge is 0.297 e. The third kappa shape index (κ3) is 3.12. The van der Waals surface area contributed by atoms with Crippen molar-refractivity contribution in [1.82, 2.24) is 4.98 Å². The Balaban J connectivity index is 1.62. The molecule has 0 aliphatic carbocycles. The van der Waals surface area contributed by atoms with Gasteiger partial charge in [0.25, 0.3) is 5.91 Å². The van der Waals surface area contributed by atoms with Crippen LogP contribution in [0.4, 0.5) is 5.13 Å². The third-order valence-electron chi connectivity index (χ3n) is 6.00. The van der Waals surface area contributed by atoms with E-state index in [9.17, 15) is 9.59 Å². The molecule has 1 atom stereocenters. The van der Waals surface area contributed by atoms with Crippen molar-refractivity contribution >= 4 is 55.2 Å². The first kappa shape index (κ1) is 20.9. The zero-order valence-corrected chi connectivity index (χ0v) is 19.7. The lowest BCUT2D eigenvalue weighted by Gasteiger charge is -2.22. The Hall–Kier alpha value is -3.68. The number of carbonyl (C=O) groups is 1. The van der Waals surface area contributed by atoms with E-state index >= 15 is 0 Å². The Kier molecular flexibility index (Phi) is 4.72. The first-order valence-corrected chi connectivity index (χ1v) is 11.7. The molecule has 34 heavy (non-hydrogen) atoms. The summed E-state index contributed by atoms with van der Waals surface area (Å²) in [5, 5.41) is 1.25. The fourth-order valence-corrected chi connectivity index (χ4v) is 5.63. The number of anilines is 1. The number of benzene rings is 3. The van der Waals surface area contributed by atoms with Gasteiger partial charge in [-0.25, -0.2) is 4.98 Å². The number of ether oxygens (including phenoxy) is 1. The van der Waals surface area contributed by atoms with Gasteiger partial charge in [0.1, 0.15) is 11.3 Å². The van der Waals surface area contributed by atoms with Crippen LogP contribution in [0, 0.1) is 6.92 Å². The van der Waals surface area contributed by atoms with Crippen LogP contribution in [0.15, 0.2) is 69.9 Å². The molecular weight excluding hydrogens is 472 g/mol. The quantitative estimate of drug-likeness (QED) is 0.306. The molecule has 5 aromatic rings. The largest absolute Gasteiger partial charge is 0.497 e. The van der Waals surface area contributed by atoms with Crippen LogP contribution in [0.2, 0.25) is 5.02 Å². The number of carbonyl (C=O) groups excluding carboxylic acids is 1. The third-order valence-corrected chi connectivity index (χ3v) is 7.26. The van der Waals surface area contributed by atoms with Gasteiger partial charge in [0.2, 0.25) is 5.76 Å². The zero-order chi connectivity index (χ0) is 23.6. The van der Waals surface area contributed by atoms with Crippen LogP contribution in [-0.4, -0.2) is 18.0 Å². The molecule has 1 amide bonds. The summed E-state index contributed by atoms with van der Waals surface area (Å²) in [6.07, 6.45) is 0. The van der Waals surface area contributed by atoms with Crippen molar-refractivity contribution in [1.29, 1.82) is 0 Å². The highest BCUT2D eigenvalue weighted by molar-refractivity contribution is 7.22. The first-order chi connectivity index (χ1) is 16.4. The summed E-state index contributed by atoms with van der Waals surface area (Å²) < 4.78 is 12.3. The molecule has 1 aliphatic rings. The number of aromatic nitrogens is 1. The van der Waals surface area contributed by atoms with Gasteiger partial charge in [-0.1, -0.05) is 41.1 Å². The van der Waals surface area contributed by atoms with Gasteiger partial charge in [-0.2, -0.15) is 0 Å². The number of hydrogen-bond donors (Lipinski definition) is 0. The van der Waals surface area contributed by atoms with Crippen LogP contribution < -0.4 is 15.1 Å². The lowest BCUT2D eigenvalue weighted by molar-refractivity contribution is 0.0971. The Morgan fingerprint density at radius 2 is 1.85 bits per heavy atom. The number of halogens is 1. The van der Waals surface area contributed by atoms with Crippen molar-refractivity contribution in [3.63, 3.8) is 0 Å². The van der Waals surface area contributed by atoms with Gasteiger partial charge < -0.3 is 9.15 Å². The molecular formula is C26H17ClN2O4S. The highest BCUT2D eigenvalue weighted by Gasteiger charge is 2.45. The van der Waals surface area contributed by atoms with E-state index in [1.165, 1.54) is 11.3 Å². The monoisotopic (exact) mass is 488 g/mol. The lowest BCUT2D eigenvalue weighted by atomic mass is 9.98. The summed E-state index contributed by atoms with van der Waals surface area (Å²) in [5.74, 6) is 0.296. The fourth-order valence-electron chi connectivity index (χ4n) is 4.37. The minimum Gasteiger partial charge on any atom is -0.497 e. The zero-order valence-electron chi connectivity index (χ0n) is 18.2. The predicted molar refractivity (Wildman–Crippen MR) is 133 cm³/mol. The number of fused-ring (bicyclic) bond motifs is 3. The van der Waals surface area contributed by atoms with Crippen molar-refractivity contribution in [2.75, 3.05) is 12.0 Å². The molecule has 0 saturated heterocycles. The Labute approximate surface area is 203 Å². The molecule has 6 nitrogen and oxygen atoms in total. The van der Waals surface area contributed by atoms with Gasteiger partial charge in [0.15, 0.2) is 10.6 Å². The minimum atomic E-state index is -0.699. The van der Waals surface area contributed by atoms with Crippen molar-refractivity contribution in [2.45, 2.75) is 13.0 Å². The molecule has 3 aromatic carbocycles. The average molecular weight is 489 g/mol. The van der Waals surface area contributed by atoms with Crippen LogP contribution in [0.25, 0.3) is 21.2 Å². The minimum absolute atomic E-state index is 0.0241. The normalized spacial score (nSPS) is 15.3. The van der Waals surface area contributed by atoms with Crippen LogP contribution in [0.1, 0.15) is 33.3 Å². The van der Waals surface area contributed by atoms with E-state index in [0.29, 0.717) is 26.9 Å². The van der Waals surface area contributed by atoms with E-state index in [4.69, 9.17) is 25.7 Å². The molecule has 3 heterocycles. The fraction of sp³-hybridized carbons (Fsp3) is 0.115. The summed E-state index contributed by atoms with van der Waals surface area (Å²) in [5.41, 5.74) is 2.95. The maximum Gasteiger partial charge on any atom is 0.297 e. The molecule has 8 heteroatoms. The standard InChI is InChI=1S/C26H17ClN2O4S/c1-13-3-9-18-20(11-13)34-26(28-18)29-22(14-4-7-16(32-2)8-5-14)21-23(30)17-12-15(27)6-10-19(17)33-24(21)25(29)31/h3-12,22H,1-2H3/t22-/m0/s1. The number of thiazole rings is 1. The SMILES string of the molecule is COc1ccc([C@H]2c3c(oc4ccc(Cl)cc4c3=O)C(=O)N2c2nc3ccc(C)cc3s2)cc1. The number of aryl methyl sites for hydroxylation is 1. The molecule has 0 unspecified atom stereocenters. The predicted octanol–water partition coefficient (Wildman–Crippen LogP) is 6.12. The van der Waals surface area contributed by atoms with E-state index in [1.54, 1.807) is 42.3 Å². The van der Waals surface area contributed by atoms with Crippen LogP contribution in [-0.2, 0) is 0 Å². The number of hydrogen-bond acceptors (Lipinski definition) is 6. The molecule has 0 fully saturated rings. The van der Waals surface area contributed by atoms with E-state index < -0.39 is 11.9 Å². The molecule has 1 aliphatic heterocycles. The van der Waals surface area contributed by atoms with Gasteiger partial charge >= 0.3 is 0 Å². The van der Waals surface area contributed by atoms with E-state index in [2.05, 4.69) is 0 Å². The van der Waals surface area contributed by atoms with Crippen LogP contribution >= 0.6 is 22.9 Å². The molecule has 0 N–H and O–H groups in total. The van der Waals surface area contributed by atoms with Gasteiger partial charge in [-0.3, -0.25) is 14.5 Å². The highest BCUT2D eigenvalue weighted by Crippen LogP contribution is 2.44.